The van der Waals surface area contributed by atoms with Gasteiger partial charge in [0.05, 0.1) is 11.1 Å². The predicted molar refractivity (Wildman–Crippen MR) is 87.0 cm³/mol. The number of likely N-dealkylation sites (N-methyl/N-ethyl adjacent to an activating group) is 1. The monoisotopic (exact) mass is 321 g/mol. The van der Waals surface area contributed by atoms with E-state index in [0.29, 0.717) is 10.8 Å². The standard InChI is InChI=1S/C15H16ClN3OS/c1-18-14(10-6-9(16)7-19-15(10)17)12-8-21-13-5-3-2-4-11(13)20-12/h2-7,12,14,18H,8H2,1H3,(H2,17,19). The van der Waals surface area contributed by atoms with Crippen molar-refractivity contribution in [2.45, 2.75) is 17.0 Å². The van der Waals surface area contributed by atoms with E-state index < -0.39 is 0 Å². The van der Waals surface area contributed by atoms with Gasteiger partial charge in [0, 0.05) is 22.4 Å². The number of ether oxygens (including phenoxy) is 1. The lowest BCUT2D eigenvalue weighted by Gasteiger charge is -2.32. The van der Waals surface area contributed by atoms with E-state index in [1.165, 1.54) is 4.90 Å². The van der Waals surface area contributed by atoms with E-state index >= 15 is 0 Å². The molecule has 1 aliphatic heterocycles. The van der Waals surface area contributed by atoms with Gasteiger partial charge in [0.15, 0.2) is 0 Å². The van der Waals surface area contributed by atoms with E-state index in [4.69, 9.17) is 22.1 Å². The summed E-state index contributed by atoms with van der Waals surface area (Å²) in [5, 5.41) is 3.84. The van der Waals surface area contributed by atoms with Gasteiger partial charge < -0.3 is 15.8 Å². The summed E-state index contributed by atoms with van der Waals surface area (Å²) >= 11 is 7.83. The highest BCUT2D eigenvalue weighted by molar-refractivity contribution is 7.99. The Kier molecular flexibility index (Phi) is 4.24. The third-order valence-electron chi connectivity index (χ3n) is 3.46. The molecule has 110 valence electrons. The van der Waals surface area contributed by atoms with Crippen molar-refractivity contribution in [1.29, 1.82) is 0 Å². The highest BCUT2D eigenvalue weighted by atomic mass is 35.5. The number of nitrogens with two attached hydrogens (primary N) is 1. The number of para-hydroxylation sites is 1. The molecule has 0 fully saturated rings. The van der Waals surface area contributed by atoms with E-state index in [-0.39, 0.29) is 12.1 Å². The summed E-state index contributed by atoms with van der Waals surface area (Å²) in [5.74, 6) is 2.23. The Hall–Kier alpha value is -1.43. The zero-order valence-electron chi connectivity index (χ0n) is 11.5. The molecule has 0 amide bonds. The Balaban J connectivity index is 1.90. The minimum absolute atomic E-state index is 0.0301. The van der Waals surface area contributed by atoms with Crippen molar-refractivity contribution in [1.82, 2.24) is 10.3 Å². The zero-order valence-corrected chi connectivity index (χ0v) is 13.1. The van der Waals surface area contributed by atoms with E-state index in [2.05, 4.69) is 16.4 Å². The van der Waals surface area contributed by atoms with Gasteiger partial charge in [-0.2, -0.15) is 0 Å². The number of halogens is 1. The average molecular weight is 322 g/mol. The molecule has 0 saturated heterocycles. The van der Waals surface area contributed by atoms with Gasteiger partial charge in [-0.1, -0.05) is 23.7 Å². The minimum Gasteiger partial charge on any atom is -0.486 e. The molecule has 1 aromatic heterocycles. The van der Waals surface area contributed by atoms with Crippen LogP contribution >= 0.6 is 23.4 Å². The number of fused-ring (bicyclic) bond motifs is 1. The number of aromatic nitrogens is 1. The molecule has 0 saturated carbocycles. The second-order valence-electron chi connectivity index (χ2n) is 4.81. The van der Waals surface area contributed by atoms with Crippen molar-refractivity contribution in [2.75, 3.05) is 18.5 Å². The molecule has 2 unspecified atom stereocenters. The molecule has 21 heavy (non-hydrogen) atoms. The quantitative estimate of drug-likeness (QED) is 0.909. The molecule has 0 radical (unpaired) electrons. The number of thioether (sulfide) groups is 1. The largest absolute Gasteiger partial charge is 0.486 e. The number of hydrogen-bond donors (Lipinski definition) is 2. The molecule has 6 heteroatoms. The molecular weight excluding hydrogens is 306 g/mol. The lowest BCUT2D eigenvalue weighted by atomic mass is 10.0. The van der Waals surface area contributed by atoms with Gasteiger partial charge in [0.2, 0.25) is 0 Å². The van der Waals surface area contributed by atoms with Crippen LogP contribution in [-0.2, 0) is 0 Å². The van der Waals surface area contributed by atoms with Crippen molar-refractivity contribution < 1.29 is 4.74 Å². The maximum Gasteiger partial charge on any atom is 0.133 e. The molecule has 4 nitrogen and oxygen atoms in total. The van der Waals surface area contributed by atoms with Crippen molar-refractivity contribution in [3.8, 4) is 5.75 Å². The van der Waals surface area contributed by atoms with Gasteiger partial charge in [-0.25, -0.2) is 4.98 Å². The Morgan fingerprint density at radius 2 is 2.29 bits per heavy atom. The van der Waals surface area contributed by atoms with Crippen molar-refractivity contribution in [2.24, 2.45) is 0 Å². The first-order valence-electron chi connectivity index (χ1n) is 6.65. The van der Waals surface area contributed by atoms with Crippen LogP contribution in [0.15, 0.2) is 41.4 Å². The summed E-state index contributed by atoms with van der Waals surface area (Å²) in [7, 11) is 1.89. The molecular formula is C15H16ClN3OS. The molecule has 0 aliphatic carbocycles. The Bertz CT molecular complexity index is 653. The molecule has 2 aromatic rings. The fourth-order valence-corrected chi connectivity index (χ4v) is 3.66. The summed E-state index contributed by atoms with van der Waals surface area (Å²) in [4.78, 5) is 5.30. The lowest BCUT2D eigenvalue weighted by molar-refractivity contribution is 0.171. The normalized spacial score (nSPS) is 18.7. The molecule has 3 rings (SSSR count). The lowest BCUT2D eigenvalue weighted by Crippen LogP contribution is -2.37. The summed E-state index contributed by atoms with van der Waals surface area (Å²) in [6, 6.07) is 9.84. The van der Waals surface area contributed by atoms with E-state index in [9.17, 15) is 0 Å². The second-order valence-corrected chi connectivity index (χ2v) is 6.31. The molecule has 2 atom stereocenters. The van der Waals surface area contributed by atoms with Gasteiger partial charge in [-0.05, 0) is 25.2 Å². The van der Waals surface area contributed by atoms with Gasteiger partial charge in [0.25, 0.3) is 0 Å². The molecule has 2 heterocycles. The first-order chi connectivity index (χ1) is 10.2. The van der Waals surface area contributed by atoms with Crippen molar-refractivity contribution >= 4 is 29.2 Å². The van der Waals surface area contributed by atoms with Crippen molar-refractivity contribution in [3.05, 3.63) is 47.1 Å². The van der Waals surface area contributed by atoms with Crippen LogP contribution in [0.4, 0.5) is 5.82 Å². The van der Waals surface area contributed by atoms with Crippen LogP contribution in [0, 0.1) is 0 Å². The Morgan fingerprint density at radius 1 is 1.48 bits per heavy atom. The second kappa shape index (κ2) is 6.13. The maximum atomic E-state index is 6.12. The average Bonchev–Trinajstić information content (AvgIpc) is 2.51. The Labute approximate surface area is 133 Å². The fourth-order valence-electron chi connectivity index (χ4n) is 2.46. The molecule has 0 spiro atoms. The number of nitrogen functional groups attached to an aromatic ring is 1. The number of nitrogens with zero attached hydrogens (tertiary/aromatic N) is 1. The number of benzene rings is 1. The van der Waals surface area contributed by atoms with Crippen LogP contribution < -0.4 is 15.8 Å². The van der Waals surface area contributed by atoms with E-state index in [1.807, 2.05) is 31.3 Å². The summed E-state index contributed by atoms with van der Waals surface area (Å²) < 4.78 is 6.12. The SMILES string of the molecule is CNC(c1cc(Cl)cnc1N)C1CSc2ccccc2O1. The maximum absolute atomic E-state index is 6.12. The summed E-state index contributed by atoms with van der Waals surface area (Å²) in [6.45, 7) is 0. The van der Waals surface area contributed by atoms with Crippen LogP contribution in [0.3, 0.4) is 0 Å². The number of hydrogen-bond acceptors (Lipinski definition) is 5. The third kappa shape index (κ3) is 2.95. The van der Waals surface area contributed by atoms with Crippen LogP contribution in [-0.4, -0.2) is 23.9 Å². The molecule has 1 aliphatic rings. The molecule has 1 aromatic carbocycles. The summed E-state index contributed by atoms with van der Waals surface area (Å²) in [5.41, 5.74) is 6.87. The van der Waals surface area contributed by atoms with Crippen LogP contribution in [0.1, 0.15) is 11.6 Å². The minimum atomic E-state index is -0.0583. The van der Waals surface area contributed by atoms with Crippen LogP contribution in [0.25, 0.3) is 0 Å². The zero-order chi connectivity index (χ0) is 14.8. The molecule has 0 bridgehead atoms. The highest BCUT2D eigenvalue weighted by Gasteiger charge is 2.30. The van der Waals surface area contributed by atoms with Crippen molar-refractivity contribution in [3.63, 3.8) is 0 Å². The van der Waals surface area contributed by atoms with Gasteiger partial charge >= 0.3 is 0 Å². The Morgan fingerprint density at radius 3 is 3.10 bits per heavy atom. The number of nitrogens with one attached hydrogen (secondary N) is 1. The van der Waals surface area contributed by atoms with Crippen LogP contribution in [0.5, 0.6) is 5.75 Å². The van der Waals surface area contributed by atoms with Gasteiger partial charge in [-0.15, -0.1) is 11.8 Å². The fraction of sp³-hybridized carbons (Fsp3) is 0.267. The summed E-state index contributed by atoms with van der Waals surface area (Å²) in [6.07, 6.45) is 1.52. The predicted octanol–water partition coefficient (Wildman–Crippen LogP) is 3.13. The number of pyridine rings is 1. The smallest absolute Gasteiger partial charge is 0.133 e. The topological polar surface area (TPSA) is 60.2 Å². The van der Waals surface area contributed by atoms with Gasteiger partial charge in [-0.3, -0.25) is 0 Å². The molecule has 3 N–H and O–H groups in total. The number of anilines is 1. The first-order valence-corrected chi connectivity index (χ1v) is 8.02. The first kappa shape index (κ1) is 14.5. The third-order valence-corrected chi connectivity index (χ3v) is 4.81. The van der Waals surface area contributed by atoms with Gasteiger partial charge in [0.1, 0.15) is 17.7 Å². The number of rotatable bonds is 3. The van der Waals surface area contributed by atoms with E-state index in [1.54, 1.807) is 18.0 Å². The van der Waals surface area contributed by atoms with Crippen LogP contribution in [0.2, 0.25) is 5.02 Å². The highest BCUT2D eigenvalue weighted by Crippen LogP contribution is 2.39. The van der Waals surface area contributed by atoms with E-state index in [0.717, 1.165) is 17.1 Å².